The fraction of sp³-hybridized carbons (Fsp3) is 0.0400. The third-order valence-electron chi connectivity index (χ3n) is 7.12. The minimum absolute atomic E-state index is 0.262. The van der Waals surface area contributed by atoms with Crippen molar-refractivity contribution in [3.8, 4) is 22.3 Å². The summed E-state index contributed by atoms with van der Waals surface area (Å²) in [7, 11) is 2.21. The Morgan fingerprint density at radius 2 is 1.04 bits per heavy atom. The van der Waals surface area contributed by atoms with Crippen LogP contribution in [-0.2, 0) is 0 Å². The lowest BCUT2D eigenvalue weighted by molar-refractivity contribution is 1.19. The standard InChI is InChI=1S/C25H15BN2/c1-27-20-12-4-6-14-16-8-2-10-18-19-11-3-9-17-15-7-5-13-21(27)23(15)26(22(14)20)28(24(16)18)25(17)19/h2-13H,1H3. The molecule has 0 aliphatic carbocycles. The van der Waals surface area contributed by atoms with Crippen molar-refractivity contribution in [3.05, 3.63) is 72.8 Å². The topological polar surface area (TPSA) is 8.17 Å². The molecule has 0 N–H and O–H groups in total. The predicted molar refractivity (Wildman–Crippen MR) is 119 cm³/mol. The van der Waals surface area contributed by atoms with Gasteiger partial charge in [-0.1, -0.05) is 60.7 Å². The first-order valence-corrected chi connectivity index (χ1v) is 9.90. The first kappa shape index (κ1) is 13.7. The van der Waals surface area contributed by atoms with E-state index in [1.807, 2.05) is 0 Å². The van der Waals surface area contributed by atoms with Gasteiger partial charge in [0.05, 0.1) is 0 Å². The lowest BCUT2D eigenvalue weighted by atomic mass is 9.43. The highest BCUT2D eigenvalue weighted by atomic mass is 15.1. The number of anilines is 2. The van der Waals surface area contributed by atoms with E-state index < -0.39 is 0 Å². The van der Waals surface area contributed by atoms with Gasteiger partial charge in [0.1, 0.15) is 0 Å². The van der Waals surface area contributed by atoms with E-state index in [2.05, 4.69) is 89.2 Å². The highest BCUT2D eigenvalue weighted by Crippen LogP contribution is 2.47. The van der Waals surface area contributed by atoms with Gasteiger partial charge >= 0.3 is 6.85 Å². The Morgan fingerprint density at radius 1 is 0.571 bits per heavy atom. The van der Waals surface area contributed by atoms with Gasteiger partial charge in [0.25, 0.3) is 0 Å². The van der Waals surface area contributed by atoms with Crippen molar-refractivity contribution < 1.29 is 0 Å². The number of hydrogen-bond acceptors (Lipinski definition) is 1. The fourth-order valence-electron chi connectivity index (χ4n) is 6.11. The Morgan fingerprint density at radius 3 is 1.57 bits per heavy atom. The first-order valence-electron chi connectivity index (χ1n) is 9.90. The molecule has 0 spiro atoms. The molecule has 0 unspecified atom stereocenters. The number of rotatable bonds is 0. The molecule has 3 aliphatic heterocycles. The van der Waals surface area contributed by atoms with E-state index in [1.165, 1.54) is 66.4 Å². The molecule has 8 rings (SSSR count). The summed E-state index contributed by atoms with van der Waals surface area (Å²) < 4.78 is 2.64. The van der Waals surface area contributed by atoms with Gasteiger partial charge in [0.15, 0.2) is 0 Å². The lowest BCUT2D eigenvalue weighted by Gasteiger charge is -2.41. The van der Waals surface area contributed by atoms with Crippen molar-refractivity contribution in [2.24, 2.45) is 0 Å². The quantitative estimate of drug-likeness (QED) is 0.364. The molecule has 0 saturated carbocycles. The minimum atomic E-state index is 0.262. The maximum atomic E-state index is 2.64. The Kier molecular flexibility index (Phi) is 2.04. The molecule has 0 atom stereocenters. The Bertz CT molecular complexity index is 1430. The van der Waals surface area contributed by atoms with E-state index in [1.54, 1.807) is 0 Å². The van der Waals surface area contributed by atoms with Crippen LogP contribution in [0.2, 0.25) is 0 Å². The number of aromatic nitrogens is 1. The van der Waals surface area contributed by atoms with E-state index in [9.17, 15) is 0 Å². The zero-order valence-corrected chi connectivity index (χ0v) is 15.4. The van der Waals surface area contributed by atoms with Gasteiger partial charge in [-0.05, 0) is 34.2 Å². The largest absolute Gasteiger partial charge is 0.375 e. The Balaban J connectivity index is 1.77. The second kappa shape index (κ2) is 4.17. The average molecular weight is 354 g/mol. The van der Waals surface area contributed by atoms with Crippen LogP contribution in [-0.4, -0.2) is 18.4 Å². The molecule has 0 fully saturated rings. The van der Waals surface area contributed by atoms with Crippen LogP contribution < -0.4 is 15.8 Å². The van der Waals surface area contributed by atoms with Crippen LogP contribution in [0.5, 0.6) is 0 Å². The molecule has 0 bridgehead atoms. The van der Waals surface area contributed by atoms with Gasteiger partial charge < -0.3 is 9.38 Å². The normalized spacial score (nSPS) is 14.5. The van der Waals surface area contributed by atoms with E-state index in [0.29, 0.717) is 0 Å². The Labute approximate surface area is 162 Å². The highest BCUT2D eigenvalue weighted by Gasteiger charge is 2.44. The van der Waals surface area contributed by atoms with Crippen molar-refractivity contribution in [1.29, 1.82) is 0 Å². The Hall–Kier alpha value is -3.46. The third kappa shape index (κ3) is 1.22. The smallest absolute Gasteiger partial charge is 0.333 e. The van der Waals surface area contributed by atoms with Crippen LogP contribution in [0.4, 0.5) is 11.4 Å². The summed E-state index contributed by atoms with van der Waals surface area (Å²) in [5.41, 5.74) is 13.9. The van der Waals surface area contributed by atoms with Crippen molar-refractivity contribution >= 4 is 51.0 Å². The summed E-state index contributed by atoms with van der Waals surface area (Å²) in [6.45, 7) is 0.262. The summed E-state index contributed by atoms with van der Waals surface area (Å²) in [4.78, 5) is 2.38. The maximum absolute atomic E-state index is 2.64. The summed E-state index contributed by atoms with van der Waals surface area (Å²) in [6, 6.07) is 27.2. The zero-order valence-electron chi connectivity index (χ0n) is 15.4. The lowest BCUT2D eigenvalue weighted by Crippen LogP contribution is -2.58. The van der Waals surface area contributed by atoms with Gasteiger partial charge in [-0.3, -0.25) is 0 Å². The summed E-state index contributed by atoms with van der Waals surface area (Å²) >= 11 is 0. The molecule has 5 aromatic rings. The number of fused-ring (bicyclic) bond motifs is 3. The number of benzene rings is 4. The summed E-state index contributed by atoms with van der Waals surface area (Å²) in [5.74, 6) is 0. The number of para-hydroxylation sites is 2. The van der Waals surface area contributed by atoms with Gasteiger partial charge in [0.2, 0.25) is 0 Å². The van der Waals surface area contributed by atoms with Crippen molar-refractivity contribution in [2.75, 3.05) is 11.9 Å². The molecule has 128 valence electrons. The van der Waals surface area contributed by atoms with Gasteiger partial charge in [-0.2, -0.15) is 0 Å². The molecule has 4 aromatic carbocycles. The fourth-order valence-corrected chi connectivity index (χ4v) is 6.11. The predicted octanol–water partition coefficient (Wildman–Crippen LogP) is 4.49. The van der Waals surface area contributed by atoms with Crippen LogP contribution in [0.1, 0.15) is 0 Å². The molecule has 0 saturated heterocycles. The van der Waals surface area contributed by atoms with Crippen LogP contribution in [0.3, 0.4) is 0 Å². The van der Waals surface area contributed by atoms with Crippen LogP contribution >= 0.6 is 0 Å². The van der Waals surface area contributed by atoms with Crippen molar-refractivity contribution in [2.45, 2.75) is 0 Å². The third-order valence-corrected chi connectivity index (χ3v) is 7.12. The van der Waals surface area contributed by atoms with Crippen LogP contribution in [0.25, 0.3) is 44.1 Å². The van der Waals surface area contributed by atoms with Gasteiger partial charge in [-0.15, -0.1) is 0 Å². The summed E-state index contributed by atoms with van der Waals surface area (Å²) in [6.07, 6.45) is 0. The monoisotopic (exact) mass is 354 g/mol. The minimum Gasteiger partial charge on any atom is -0.375 e. The molecule has 3 heteroatoms. The van der Waals surface area contributed by atoms with Gasteiger partial charge in [0, 0.05) is 51.4 Å². The maximum Gasteiger partial charge on any atom is 0.333 e. The average Bonchev–Trinajstić information content (AvgIpc) is 3.09. The number of nitrogens with zero attached hydrogens (tertiary/aromatic N) is 2. The van der Waals surface area contributed by atoms with Gasteiger partial charge in [-0.25, -0.2) is 0 Å². The molecule has 28 heavy (non-hydrogen) atoms. The highest BCUT2D eigenvalue weighted by molar-refractivity contribution is 6.91. The first-order chi connectivity index (χ1) is 13.8. The zero-order chi connectivity index (χ0) is 18.1. The van der Waals surface area contributed by atoms with E-state index in [0.717, 1.165) is 0 Å². The molecule has 4 heterocycles. The number of hydrogen-bond donors (Lipinski definition) is 0. The second-order valence-corrected chi connectivity index (χ2v) is 8.21. The summed E-state index contributed by atoms with van der Waals surface area (Å²) in [5, 5.41) is 2.75. The van der Waals surface area contributed by atoms with Crippen LogP contribution in [0.15, 0.2) is 72.8 Å². The van der Waals surface area contributed by atoms with E-state index in [4.69, 9.17) is 0 Å². The molecule has 0 radical (unpaired) electrons. The molecular formula is C25H15BN2. The molecule has 3 aliphatic rings. The van der Waals surface area contributed by atoms with E-state index in [-0.39, 0.29) is 6.85 Å². The molecule has 1 aromatic heterocycles. The SMILES string of the molecule is CN1c2cccc3c2B2c4c(cccc41)-c1cccc4c5cccc-3c5n2c14. The van der Waals surface area contributed by atoms with Crippen molar-refractivity contribution in [1.82, 2.24) is 4.48 Å². The molecule has 2 nitrogen and oxygen atoms in total. The van der Waals surface area contributed by atoms with E-state index >= 15 is 0 Å². The van der Waals surface area contributed by atoms with Crippen molar-refractivity contribution in [3.63, 3.8) is 0 Å². The molecular weight excluding hydrogens is 339 g/mol. The molecule has 0 amide bonds. The second-order valence-electron chi connectivity index (χ2n) is 8.21. The van der Waals surface area contributed by atoms with Crippen LogP contribution in [0, 0.1) is 0 Å².